The van der Waals surface area contributed by atoms with E-state index in [0.717, 1.165) is 35.7 Å². The zero-order valence-corrected chi connectivity index (χ0v) is 18.7. The molecule has 2 amide bonds. The van der Waals surface area contributed by atoms with Crippen LogP contribution in [0.15, 0.2) is 54.6 Å². The zero-order chi connectivity index (χ0) is 21.2. The Kier molecular flexibility index (Phi) is 9.26. The van der Waals surface area contributed by atoms with Crippen molar-refractivity contribution >= 4 is 29.3 Å². The summed E-state index contributed by atoms with van der Waals surface area (Å²) in [7, 11) is 0. The van der Waals surface area contributed by atoms with Crippen LogP contribution in [0.2, 0.25) is 0 Å². The van der Waals surface area contributed by atoms with Gasteiger partial charge in [-0.05, 0) is 41.7 Å². The Hall–Kier alpha value is -2.27. The maximum atomic E-state index is 12.9. The zero-order valence-electron chi connectivity index (χ0n) is 17.9. The fourth-order valence-electron chi connectivity index (χ4n) is 3.03. The van der Waals surface area contributed by atoms with Crippen molar-refractivity contribution < 1.29 is 9.59 Å². The number of carbonyl (C=O) groups excluding carboxylic acids is 2. The van der Waals surface area contributed by atoms with Gasteiger partial charge in [-0.15, -0.1) is 11.8 Å². The molecule has 1 N–H and O–H groups in total. The van der Waals surface area contributed by atoms with Crippen molar-refractivity contribution in [3.05, 3.63) is 65.7 Å². The molecule has 0 fully saturated rings. The summed E-state index contributed by atoms with van der Waals surface area (Å²) in [6.07, 6.45) is 0. The minimum Gasteiger partial charge on any atom is -0.338 e. The minimum atomic E-state index is -0.00832. The fourth-order valence-corrected chi connectivity index (χ4v) is 3.82. The van der Waals surface area contributed by atoms with Gasteiger partial charge in [0.05, 0.1) is 5.75 Å². The number of anilines is 1. The molecule has 0 aliphatic rings. The van der Waals surface area contributed by atoms with E-state index in [1.165, 1.54) is 0 Å². The lowest BCUT2D eigenvalue weighted by atomic mass is 10.1. The maximum Gasteiger partial charge on any atom is 0.253 e. The average Bonchev–Trinajstić information content (AvgIpc) is 2.67. The molecule has 0 spiro atoms. The van der Waals surface area contributed by atoms with E-state index in [1.807, 2.05) is 59.5 Å². The predicted molar refractivity (Wildman–Crippen MR) is 123 cm³/mol. The van der Waals surface area contributed by atoms with E-state index >= 15 is 0 Å². The molecule has 0 radical (unpaired) electrons. The van der Waals surface area contributed by atoms with Gasteiger partial charge in [0.25, 0.3) is 5.91 Å². The molecule has 156 valence electrons. The summed E-state index contributed by atoms with van der Waals surface area (Å²) in [5.74, 6) is 2.09. The van der Waals surface area contributed by atoms with Crippen molar-refractivity contribution in [3.63, 3.8) is 0 Å². The highest BCUT2D eigenvalue weighted by atomic mass is 32.2. The van der Waals surface area contributed by atoms with Gasteiger partial charge in [-0.3, -0.25) is 9.59 Å². The molecule has 5 heteroatoms. The Morgan fingerprint density at radius 2 is 1.48 bits per heavy atom. The lowest BCUT2D eigenvalue weighted by molar-refractivity contribution is -0.113. The van der Waals surface area contributed by atoms with Crippen molar-refractivity contribution in [2.75, 3.05) is 24.2 Å². The molecule has 0 aromatic heterocycles. The van der Waals surface area contributed by atoms with E-state index in [2.05, 4.69) is 33.0 Å². The first-order valence-corrected chi connectivity index (χ1v) is 11.3. The number of nitrogens with one attached hydrogen (secondary N) is 1. The molecule has 0 atom stereocenters. The molecule has 29 heavy (non-hydrogen) atoms. The monoisotopic (exact) mass is 412 g/mol. The Labute approximate surface area is 179 Å². The van der Waals surface area contributed by atoms with E-state index < -0.39 is 0 Å². The molecule has 2 rings (SSSR count). The van der Waals surface area contributed by atoms with E-state index in [0.29, 0.717) is 17.6 Å². The van der Waals surface area contributed by atoms with Gasteiger partial charge in [0.15, 0.2) is 0 Å². The molecular formula is C24H32N2O2S. The number of rotatable bonds is 10. The van der Waals surface area contributed by atoms with Crippen LogP contribution < -0.4 is 5.32 Å². The number of benzene rings is 2. The summed E-state index contributed by atoms with van der Waals surface area (Å²) >= 11 is 1.56. The Morgan fingerprint density at radius 3 is 2.03 bits per heavy atom. The normalized spacial score (nSPS) is 11.0. The van der Waals surface area contributed by atoms with Gasteiger partial charge in [-0.25, -0.2) is 0 Å². The molecule has 0 saturated carbocycles. The summed E-state index contributed by atoms with van der Waals surface area (Å²) in [6, 6.07) is 17.2. The van der Waals surface area contributed by atoms with E-state index in [-0.39, 0.29) is 11.8 Å². The first-order chi connectivity index (χ1) is 13.8. The minimum absolute atomic E-state index is 0.00832. The van der Waals surface area contributed by atoms with Crippen molar-refractivity contribution in [2.45, 2.75) is 33.4 Å². The number of hydrogen-bond acceptors (Lipinski definition) is 3. The summed E-state index contributed by atoms with van der Waals surface area (Å²) < 4.78 is 0. The summed E-state index contributed by atoms with van der Waals surface area (Å²) in [4.78, 5) is 26.8. The van der Waals surface area contributed by atoms with Gasteiger partial charge in [0.2, 0.25) is 5.91 Å². The lowest BCUT2D eigenvalue weighted by Crippen LogP contribution is -2.37. The van der Waals surface area contributed by atoms with Crippen LogP contribution in [0.25, 0.3) is 0 Å². The summed E-state index contributed by atoms with van der Waals surface area (Å²) in [5, 5.41) is 2.89. The number of thioether (sulfide) groups is 1. The topological polar surface area (TPSA) is 49.4 Å². The Bertz CT molecular complexity index is 763. The van der Waals surface area contributed by atoms with Crippen LogP contribution in [0.3, 0.4) is 0 Å². The van der Waals surface area contributed by atoms with Gasteiger partial charge in [-0.1, -0.05) is 58.0 Å². The van der Waals surface area contributed by atoms with Crippen LogP contribution >= 0.6 is 11.8 Å². The third-order valence-electron chi connectivity index (χ3n) is 4.22. The van der Waals surface area contributed by atoms with Gasteiger partial charge in [0, 0.05) is 30.1 Å². The number of hydrogen-bond donors (Lipinski definition) is 1. The molecule has 0 bridgehead atoms. The van der Waals surface area contributed by atoms with Crippen molar-refractivity contribution in [1.82, 2.24) is 4.90 Å². The molecule has 0 unspecified atom stereocenters. The lowest BCUT2D eigenvalue weighted by Gasteiger charge is -2.26. The molecular weight excluding hydrogens is 380 g/mol. The molecule has 2 aromatic rings. The molecule has 0 saturated heterocycles. The van der Waals surface area contributed by atoms with E-state index in [9.17, 15) is 9.59 Å². The smallest absolute Gasteiger partial charge is 0.253 e. The second-order valence-electron chi connectivity index (χ2n) is 8.10. The third-order valence-corrected chi connectivity index (χ3v) is 5.22. The second kappa shape index (κ2) is 11.7. The Balaban J connectivity index is 1.85. The van der Waals surface area contributed by atoms with E-state index in [4.69, 9.17) is 0 Å². The highest BCUT2D eigenvalue weighted by molar-refractivity contribution is 7.99. The van der Waals surface area contributed by atoms with Crippen molar-refractivity contribution in [2.24, 2.45) is 11.8 Å². The van der Waals surface area contributed by atoms with Gasteiger partial charge < -0.3 is 10.2 Å². The van der Waals surface area contributed by atoms with Crippen LogP contribution in [-0.4, -0.2) is 35.6 Å². The van der Waals surface area contributed by atoms with Crippen molar-refractivity contribution in [1.29, 1.82) is 0 Å². The van der Waals surface area contributed by atoms with E-state index in [1.54, 1.807) is 11.8 Å². The number of nitrogens with zero attached hydrogens (tertiary/aromatic N) is 1. The van der Waals surface area contributed by atoms with Crippen LogP contribution in [0, 0.1) is 11.8 Å². The largest absolute Gasteiger partial charge is 0.338 e. The first-order valence-electron chi connectivity index (χ1n) is 10.2. The maximum absolute atomic E-state index is 12.9. The third kappa shape index (κ3) is 8.32. The second-order valence-corrected chi connectivity index (χ2v) is 9.09. The Morgan fingerprint density at radius 1 is 0.897 bits per heavy atom. The van der Waals surface area contributed by atoms with Gasteiger partial charge >= 0.3 is 0 Å². The SMILES string of the molecule is CC(C)CN(CC(C)C)C(=O)c1ccc(CSCC(=O)Nc2ccccc2)cc1. The molecule has 0 heterocycles. The highest BCUT2D eigenvalue weighted by Crippen LogP contribution is 2.16. The quantitative estimate of drug-likeness (QED) is 0.575. The standard InChI is InChI=1S/C24H32N2O2S/c1-18(2)14-26(15-19(3)4)24(28)21-12-10-20(11-13-21)16-29-17-23(27)25-22-8-6-5-7-9-22/h5-13,18-19H,14-17H2,1-4H3,(H,25,27). The summed E-state index contributed by atoms with van der Waals surface area (Å²) in [6.45, 7) is 10.1. The average molecular weight is 413 g/mol. The van der Waals surface area contributed by atoms with Crippen LogP contribution in [-0.2, 0) is 10.5 Å². The number of amides is 2. The number of para-hydroxylation sites is 1. The van der Waals surface area contributed by atoms with Crippen LogP contribution in [0.4, 0.5) is 5.69 Å². The molecule has 2 aromatic carbocycles. The fraction of sp³-hybridized carbons (Fsp3) is 0.417. The molecule has 0 aliphatic carbocycles. The molecule has 0 aliphatic heterocycles. The summed E-state index contributed by atoms with van der Waals surface area (Å²) in [5.41, 5.74) is 2.65. The highest BCUT2D eigenvalue weighted by Gasteiger charge is 2.18. The van der Waals surface area contributed by atoms with Crippen LogP contribution in [0.1, 0.15) is 43.6 Å². The van der Waals surface area contributed by atoms with Crippen LogP contribution in [0.5, 0.6) is 0 Å². The first kappa shape index (κ1) is 23.0. The van der Waals surface area contributed by atoms with Gasteiger partial charge in [0.1, 0.15) is 0 Å². The van der Waals surface area contributed by atoms with Gasteiger partial charge in [-0.2, -0.15) is 0 Å². The molecule has 4 nitrogen and oxygen atoms in total. The predicted octanol–water partition coefficient (Wildman–Crippen LogP) is 5.31. The number of carbonyl (C=O) groups is 2. The van der Waals surface area contributed by atoms with Crippen molar-refractivity contribution in [3.8, 4) is 0 Å².